The normalized spacial score (nSPS) is 11.5. The number of sulfonamides is 1. The summed E-state index contributed by atoms with van der Waals surface area (Å²) < 4.78 is 32.4. The van der Waals surface area contributed by atoms with Crippen LogP contribution in [0, 0.1) is 0 Å². The van der Waals surface area contributed by atoms with Crippen LogP contribution in [-0.2, 0) is 23.0 Å². The summed E-state index contributed by atoms with van der Waals surface area (Å²) in [7, 11) is -0.506. The quantitative estimate of drug-likeness (QED) is 0.624. The summed E-state index contributed by atoms with van der Waals surface area (Å²) in [5, 5.41) is 0. The highest BCUT2D eigenvalue weighted by molar-refractivity contribution is 7.89. The van der Waals surface area contributed by atoms with Gasteiger partial charge in [-0.05, 0) is 35.7 Å². The topological polar surface area (TPSA) is 66.9 Å². The number of rotatable bonds is 9. The van der Waals surface area contributed by atoms with Crippen LogP contribution >= 0.6 is 0 Å². The van der Waals surface area contributed by atoms with Crippen molar-refractivity contribution < 1.29 is 17.9 Å². The van der Waals surface area contributed by atoms with Crippen LogP contribution in [0.2, 0.25) is 0 Å². The van der Waals surface area contributed by atoms with Gasteiger partial charge in [0.25, 0.3) is 5.91 Å². The average Bonchev–Trinajstić information content (AvgIpc) is 2.73. The Morgan fingerprint density at radius 1 is 0.966 bits per heavy atom. The van der Waals surface area contributed by atoms with Crippen molar-refractivity contribution in [3.63, 3.8) is 0 Å². The van der Waals surface area contributed by atoms with Crippen LogP contribution in [0.25, 0.3) is 0 Å². The molecule has 0 unspecified atom stereocenters. The molecule has 2 aromatic carbocycles. The molecule has 6 nitrogen and oxygen atoms in total. The van der Waals surface area contributed by atoms with Crippen LogP contribution in [0.15, 0.2) is 47.4 Å². The first-order valence-corrected chi connectivity index (χ1v) is 11.2. The minimum absolute atomic E-state index is 0.0889. The zero-order valence-corrected chi connectivity index (χ0v) is 18.6. The summed E-state index contributed by atoms with van der Waals surface area (Å²) in [5.74, 6) is 0.0553. The van der Waals surface area contributed by atoms with E-state index in [1.165, 1.54) is 35.2 Å². The monoisotopic (exact) mass is 418 g/mol. The summed E-state index contributed by atoms with van der Waals surface area (Å²) in [6.07, 6.45) is 0.958. The van der Waals surface area contributed by atoms with Gasteiger partial charge >= 0.3 is 0 Å². The Morgan fingerprint density at radius 2 is 1.55 bits per heavy atom. The van der Waals surface area contributed by atoms with Crippen molar-refractivity contribution in [1.82, 2.24) is 9.21 Å². The van der Waals surface area contributed by atoms with Crippen molar-refractivity contribution in [3.8, 4) is 5.75 Å². The number of hydrogen-bond acceptors (Lipinski definition) is 4. The highest BCUT2D eigenvalue weighted by atomic mass is 32.2. The molecule has 1 amide bonds. The molecule has 0 bridgehead atoms. The molecule has 0 spiro atoms. The highest BCUT2D eigenvalue weighted by Gasteiger charge is 2.25. The van der Waals surface area contributed by atoms with Crippen LogP contribution in [0.1, 0.15) is 42.3 Å². The maximum atomic E-state index is 13.1. The molecule has 2 aromatic rings. The molecule has 158 valence electrons. The van der Waals surface area contributed by atoms with E-state index < -0.39 is 10.0 Å². The maximum absolute atomic E-state index is 13.1. The van der Waals surface area contributed by atoms with E-state index in [1.54, 1.807) is 25.8 Å². The van der Waals surface area contributed by atoms with Gasteiger partial charge in [0.1, 0.15) is 5.75 Å². The van der Waals surface area contributed by atoms with Gasteiger partial charge in [-0.3, -0.25) is 4.79 Å². The molecule has 0 aromatic heterocycles. The van der Waals surface area contributed by atoms with Gasteiger partial charge in [-0.25, -0.2) is 8.42 Å². The number of carbonyl (C=O) groups is 1. The minimum Gasteiger partial charge on any atom is -0.496 e. The second-order valence-corrected chi connectivity index (χ2v) is 8.72. The van der Waals surface area contributed by atoms with Crippen LogP contribution in [0.4, 0.5) is 0 Å². The second kappa shape index (κ2) is 9.89. The van der Waals surface area contributed by atoms with Gasteiger partial charge in [-0.15, -0.1) is 0 Å². The minimum atomic E-state index is -3.67. The molecule has 0 N–H and O–H groups in total. The molecular weight excluding hydrogens is 388 g/mol. The van der Waals surface area contributed by atoms with Gasteiger partial charge in [-0.2, -0.15) is 4.31 Å². The second-order valence-electron chi connectivity index (χ2n) is 6.78. The molecule has 0 aliphatic rings. The lowest BCUT2D eigenvalue weighted by Gasteiger charge is -2.21. The predicted octanol–water partition coefficient (Wildman–Crippen LogP) is 3.56. The van der Waals surface area contributed by atoms with E-state index >= 15 is 0 Å². The van der Waals surface area contributed by atoms with E-state index in [9.17, 15) is 13.2 Å². The van der Waals surface area contributed by atoms with E-state index in [1.807, 2.05) is 24.3 Å². The van der Waals surface area contributed by atoms with Crippen LogP contribution in [0.3, 0.4) is 0 Å². The molecule has 0 saturated carbocycles. The molecule has 0 fully saturated rings. The Kier molecular flexibility index (Phi) is 7.81. The largest absolute Gasteiger partial charge is 0.496 e. The molecular formula is C22H30N2O4S. The van der Waals surface area contributed by atoms with Gasteiger partial charge < -0.3 is 9.64 Å². The average molecular weight is 419 g/mol. The summed E-state index contributed by atoms with van der Waals surface area (Å²) in [6, 6.07) is 12.5. The molecule has 0 saturated heterocycles. The first kappa shape index (κ1) is 22.9. The number of ether oxygens (including phenoxy) is 1. The Labute approximate surface area is 174 Å². The molecule has 0 aliphatic carbocycles. The van der Waals surface area contributed by atoms with Gasteiger partial charge in [-0.1, -0.05) is 45.0 Å². The SMILES string of the molecule is CCc1ccc(CN(C)C(=O)c2cc(S(=O)(=O)N(CC)CC)ccc2OC)cc1. The number of methoxy groups -OCH3 is 1. The van der Waals surface area contributed by atoms with Crippen molar-refractivity contribution in [2.24, 2.45) is 0 Å². The third-order valence-electron chi connectivity index (χ3n) is 4.94. The first-order valence-electron chi connectivity index (χ1n) is 9.79. The first-order chi connectivity index (χ1) is 13.8. The third kappa shape index (κ3) is 5.16. The van der Waals surface area contributed by atoms with E-state index in [2.05, 4.69) is 6.92 Å². The lowest BCUT2D eigenvalue weighted by Crippen LogP contribution is -2.31. The summed E-state index contributed by atoms with van der Waals surface area (Å²) in [6.45, 7) is 6.81. The summed E-state index contributed by atoms with van der Waals surface area (Å²) in [4.78, 5) is 14.7. The van der Waals surface area contributed by atoms with Gasteiger partial charge in [0, 0.05) is 26.7 Å². The van der Waals surface area contributed by atoms with Crippen molar-refractivity contribution in [3.05, 3.63) is 59.2 Å². The fourth-order valence-corrected chi connectivity index (χ4v) is 4.64. The summed E-state index contributed by atoms with van der Waals surface area (Å²) >= 11 is 0. The van der Waals surface area contributed by atoms with E-state index in [0.29, 0.717) is 25.4 Å². The molecule has 0 radical (unpaired) electrons. The van der Waals surface area contributed by atoms with Crippen molar-refractivity contribution in [2.75, 3.05) is 27.2 Å². The molecule has 0 aliphatic heterocycles. The van der Waals surface area contributed by atoms with Crippen molar-refractivity contribution in [2.45, 2.75) is 38.6 Å². The summed E-state index contributed by atoms with van der Waals surface area (Å²) in [5.41, 5.74) is 2.47. The standard InChI is InChI=1S/C22H30N2O4S/c1-6-17-9-11-18(12-10-17)16-23(4)22(25)20-15-19(13-14-21(20)28-5)29(26,27)24(7-2)8-3/h9-15H,6-8,16H2,1-5H3. The Balaban J connectivity index is 2.34. The van der Waals surface area contributed by atoms with Crippen LogP contribution in [0.5, 0.6) is 5.75 Å². The Morgan fingerprint density at radius 3 is 2.07 bits per heavy atom. The molecule has 0 heterocycles. The molecule has 29 heavy (non-hydrogen) atoms. The molecule has 7 heteroatoms. The van der Waals surface area contributed by atoms with E-state index in [4.69, 9.17) is 4.74 Å². The van der Waals surface area contributed by atoms with Gasteiger partial charge in [0.2, 0.25) is 10.0 Å². The highest BCUT2D eigenvalue weighted by Crippen LogP contribution is 2.26. The maximum Gasteiger partial charge on any atom is 0.257 e. The zero-order valence-electron chi connectivity index (χ0n) is 17.8. The number of hydrogen-bond donors (Lipinski definition) is 0. The number of nitrogens with zero attached hydrogens (tertiary/aromatic N) is 2. The third-order valence-corrected chi connectivity index (χ3v) is 6.99. The van der Waals surface area contributed by atoms with Crippen molar-refractivity contribution in [1.29, 1.82) is 0 Å². The Hall–Kier alpha value is -2.38. The number of benzene rings is 2. The lowest BCUT2D eigenvalue weighted by atomic mass is 10.1. The zero-order chi connectivity index (χ0) is 21.6. The van der Waals surface area contributed by atoms with E-state index in [-0.39, 0.29) is 16.4 Å². The predicted molar refractivity (Wildman–Crippen MR) is 115 cm³/mol. The van der Waals surface area contributed by atoms with Crippen molar-refractivity contribution >= 4 is 15.9 Å². The fourth-order valence-electron chi connectivity index (χ4n) is 3.16. The fraction of sp³-hybridized carbons (Fsp3) is 0.409. The lowest BCUT2D eigenvalue weighted by molar-refractivity contribution is 0.0781. The van der Waals surface area contributed by atoms with Crippen LogP contribution in [-0.4, -0.2) is 50.8 Å². The number of amides is 1. The van der Waals surface area contributed by atoms with Gasteiger partial charge in [0.15, 0.2) is 0 Å². The van der Waals surface area contributed by atoms with Gasteiger partial charge in [0.05, 0.1) is 17.6 Å². The molecule has 2 rings (SSSR count). The van der Waals surface area contributed by atoms with Crippen LogP contribution < -0.4 is 4.74 Å². The number of aryl methyl sites for hydroxylation is 1. The molecule has 0 atom stereocenters. The Bertz CT molecular complexity index is 936. The van der Waals surface area contributed by atoms with E-state index in [0.717, 1.165) is 12.0 Å². The number of carbonyl (C=O) groups excluding carboxylic acids is 1. The smallest absolute Gasteiger partial charge is 0.257 e.